The van der Waals surface area contributed by atoms with Crippen LogP contribution in [0, 0.1) is 19.8 Å². The summed E-state index contributed by atoms with van der Waals surface area (Å²) in [7, 11) is 1.98. The lowest BCUT2D eigenvalue weighted by Gasteiger charge is -2.28. The largest absolute Gasteiger partial charge is 0.489 e. The topological polar surface area (TPSA) is 56.1 Å². The Morgan fingerprint density at radius 1 is 1.02 bits per heavy atom. The molecule has 7 rings (SSSR count). The first-order valence-corrected chi connectivity index (χ1v) is 15.6. The van der Waals surface area contributed by atoms with E-state index < -0.39 is 0 Å². The van der Waals surface area contributed by atoms with Crippen molar-refractivity contribution in [2.24, 2.45) is 13.0 Å². The van der Waals surface area contributed by atoms with Gasteiger partial charge in [0.05, 0.1) is 11.0 Å². The van der Waals surface area contributed by atoms with Crippen LogP contribution in [-0.2, 0) is 20.1 Å². The number of nitrogens with zero attached hydrogens (tertiary/aromatic N) is 5. The predicted molar refractivity (Wildman–Crippen MR) is 169 cm³/mol. The highest BCUT2D eigenvalue weighted by molar-refractivity contribution is 5.81. The summed E-state index contributed by atoms with van der Waals surface area (Å²) in [5.41, 5.74) is 11.3. The van der Waals surface area contributed by atoms with Gasteiger partial charge in [0, 0.05) is 49.7 Å². The third-order valence-electron chi connectivity index (χ3n) is 9.80. The standard InChI is InChI=1S/C36H41N5O/c1-5-30-22-41(21-29-18-32-26(11-8-16-37-32)19-34(29)42-30)20-28-17-27(13-12-23(28)2)35(25-9-6-7-10-25)31-14-15-33-36(24(31)3)38-39-40(33)4/h8,11-19,25,30,35H,5-7,9-10,20-22H2,1-4H3/t30-,35?/m1/s1. The molecule has 0 amide bonds. The Hall–Kier alpha value is -3.77. The lowest BCUT2D eigenvalue weighted by molar-refractivity contribution is 0.139. The number of fused-ring (bicyclic) bond motifs is 3. The summed E-state index contributed by atoms with van der Waals surface area (Å²) in [5, 5.41) is 10.00. The smallest absolute Gasteiger partial charge is 0.125 e. The van der Waals surface area contributed by atoms with Crippen LogP contribution < -0.4 is 4.74 Å². The molecule has 1 fully saturated rings. The molecule has 6 heteroatoms. The van der Waals surface area contributed by atoms with Gasteiger partial charge in [-0.25, -0.2) is 4.68 Å². The van der Waals surface area contributed by atoms with Gasteiger partial charge in [-0.2, -0.15) is 0 Å². The van der Waals surface area contributed by atoms with Gasteiger partial charge >= 0.3 is 0 Å². The second kappa shape index (κ2) is 11.1. The van der Waals surface area contributed by atoms with E-state index >= 15 is 0 Å². The van der Waals surface area contributed by atoms with Gasteiger partial charge in [0.15, 0.2) is 0 Å². The van der Waals surface area contributed by atoms with Crippen molar-refractivity contribution in [1.82, 2.24) is 24.9 Å². The molecule has 3 heterocycles. The van der Waals surface area contributed by atoms with E-state index in [4.69, 9.17) is 4.74 Å². The van der Waals surface area contributed by atoms with Crippen molar-refractivity contribution in [3.63, 3.8) is 0 Å². The fraction of sp³-hybridized carbons (Fsp3) is 0.417. The Kier molecular flexibility index (Phi) is 7.19. The minimum Gasteiger partial charge on any atom is -0.489 e. The molecule has 0 saturated heterocycles. The number of pyridine rings is 1. The summed E-state index contributed by atoms with van der Waals surface area (Å²) < 4.78 is 8.45. The highest BCUT2D eigenvalue weighted by Gasteiger charge is 2.31. The first-order valence-electron chi connectivity index (χ1n) is 15.6. The number of ether oxygens (including phenoxy) is 1. The Labute approximate surface area is 248 Å². The summed E-state index contributed by atoms with van der Waals surface area (Å²) in [6.45, 7) is 9.40. The zero-order chi connectivity index (χ0) is 28.8. The van der Waals surface area contributed by atoms with Crippen LogP contribution in [0.2, 0.25) is 0 Å². The zero-order valence-electron chi connectivity index (χ0n) is 25.3. The SMILES string of the molecule is CC[C@@H]1CN(Cc2cc(C(c3ccc4c(nnn4C)c3C)C3CCCC3)ccc2C)Cc2cc3ncccc3cc2O1. The molecule has 0 radical (unpaired) electrons. The van der Waals surface area contributed by atoms with Gasteiger partial charge in [0.25, 0.3) is 0 Å². The van der Waals surface area contributed by atoms with E-state index in [1.807, 2.05) is 24.0 Å². The quantitative estimate of drug-likeness (QED) is 0.214. The second-order valence-corrected chi connectivity index (χ2v) is 12.5. The van der Waals surface area contributed by atoms with Crippen LogP contribution in [0.3, 0.4) is 0 Å². The molecule has 0 N–H and O–H groups in total. The molecule has 2 aliphatic rings. The lowest BCUT2D eigenvalue weighted by Crippen LogP contribution is -2.32. The van der Waals surface area contributed by atoms with Crippen molar-refractivity contribution in [2.45, 2.75) is 78.0 Å². The molecular formula is C36H41N5O. The van der Waals surface area contributed by atoms with Crippen LogP contribution in [0.1, 0.15) is 78.3 Å². The highest BCUT2D eigenvalue weighted by atomic mass is 16.5. The molecule has 1 aliphatic carbocycles. The molecule has 0 bridgehead atoms. The zero-order valence-corrected chi connectivity index (χ0v) is 25.3. The molecule has 2 atom stereocenters. The van der Waals surface area contributed by atoms with Crippen molar-refractivity contribution in [1.29, 1.82) is 0 Å². The Balaban J connectivity index is 1.24. The van der Waals surface area contributed by atoms with Crippen LogP contribution in [0.15, 0.2) is 60.8 Å². The van der Waals surface area contributed by atoms with Crippen molar-refractivity contribution in [3.8, 4) is 5.75 Å². The summed E-state index contributed by atoms with van der Waals surface area (Å²) in [6.07, 6.45) is 8.23. The molecule has 0 spiro atoms. The Morgan fingerprint density at radius 2 is 1.88 bits per heavy atom. The molecule has 5 aromatic rings. The second-order valence-electron chi connectivity index (χ2n) is 12.5. The first kappa shape index (κ1) is 27.1. The third kappa shape index (κ3) is 4.96. The van der Waals surface area contributed by atoms with Crippen molar-refractivity contribution in [3.05, 3.63) is 94.2 Å². The van der Waals surface area contributed by atoms with Crippen LogP contribution >= 0.6 is 0 Å². The monoisotopic (exact) mass is 559 g/mol. The van der Waals surface area contributed by atoms with E-state index in [-0.39, 0.29) is 6.10 Å². The lowest BCUT2D eigenvalue weighted by atomic mass is 9.77. The van der Waals surface area contributed by atoms with Crippen molar-refractivity contribution < 1.29 is 4.74 Å². The van der Waals surface area contributed by atoms with Gasteiger partial charge in [-0.05, 0) is 91.1 Å². The average Bonchev–Trinajstić information content (AvgIpc) is 3.62. The minimum absolute atomic E-state index is 0.163. The van der Waals surface area contributed by atoms with Gasteiger partial charge in [-0.15, -0.1) is 5.10 Å². The van der Waals surface area contributed by atoms with E-state index in [9.17, 15) is 0 Å². The maximum Gasteiger partial charge on any atom is 0.125 e. The van der Waals surface area contributed by atoms with Crippen LogP contribution in [0.4, 0.5) is 0 Å². The fourth-order valence-electron chi connectivity index (χ4n) is 7.40. The first-order chi connectivity index (χ1) is 20.5. The number of aromatic nitrogens is 4. The summed E-state index contributed by atoms with van der Waals surface area (Å²) in [5.74, 6) is 2.02. The summed E-state index contributed by atoms with van der Waals surface area (Å²) in [6, 6.07) is 20.3. The molecule has 1 aliphatic heterocycles. The third-order valence-corrected chi connectivity index (χ3v) is 9.80. The number of hydrogen-bond donors (Lipinski definition) is 0. The molecule has 42 heavy (non-hydrogen) atoms. The van der Waals surface area contributed by atoms with Crippen LogP contribution in [0.5, 0.6) is 5.75 Å². The van der Waals surface area contributed by atoms with Gasteiger partial charge in [0.1, 0.15) is 17.4 Å². The molecular weight excluding hydrogens is 518 g/mol. The maximum atomic E-state index is 6.57. The van der Waals surface area contributed by atoms with E-state index in [1.54, 1.807) is 0 Å². The molecule has 1 saturated carbocycles. The van der Waals surface area contributed by atoms with Crippen LogP contribution in [-0.4, -0.2) is 37.5 Å². The number of rotatable bonds is 6. The van der Waals surface area contributed by atoms with E-state index in [0.29, 0.717) is 11.8 Å². The van der Waals surface area contributed by atoms with E-state index in [2.05, 4.69) is 89.5 Å². The van der Waals surface area contributed by atoms with Gasteiger partial charge in [-0.3, -0.25) is 9.88 Å². The van der Waals surface area contributed by atoms with Crippen LogP contribution in [0.25, 0.3) is 21.9 Å². The summed E-state index contributed by atoms with van der Waals surface area (Å²) in [4.78, 5) is 7.20. The predicted octanol–water partition coefficient (Wildman–Crippen LogP) is 7.63. The fourth-order valence-corrected chi connectivity index (χ4v) is 7.40. The molecule has 6 nitrogen and oxygen atoms in total. The average molecular weight is 560 g/mol. The normalized spacial score (nSPS) is 18.7. The Morgan fingerprint density at radius 3 is 2.71 bits per heavy atom. The molecule has 216 valence electrons. The van der Waals surface area contributed by atoms with Crippen molar-refractivity contribution >= 4 is 21.9 Å². The van der Waals surface area contributed by atoms with Crippen molar-refractivity contribution in [2.75, 3.05) is 6.54 Å². The van der Waals surface area contributed by atoms with Gasteiger partial charge in [0.2, 0.25) is 0 Å². The number of benzene rings is 3. The summed E-state index contributed by atoms with van der Waals surface area (Å²) >= 11 is 0. The molecule has 1 unspecified atom stereocenters. The minimum atomic E-state index is 0.163. The van der Waals surface area contributed by atoms with E-state index in [1.165, 1.54) is 59.1 Å². The maximum absolute atomic E-state index is 6.57. The molecule has 2 aromatic heterocycles. The molecule has 3 aromatic carbocycles. The van der Waals surface area contributed by atoms with E-state index in [0.717, 1.165) is 53.7 Å². The highest BCUT2D eigenvalue weighted by Crippen LogP contribution is 2.44. The van der Waals surface area contributed by atoms with Gasteiger partial charge in [-0.1, -0.05) is 55.3 Å². The number of aryl methyl sites for hydroxylation is 3. The van der Waals surface area contributed by atoms with Gasteiger partial charge < -0.3 is 4.74 Å². The Bertz CT molecular complexity index is 1750. The number of hydrogen-bond acceptors (Lipinski definition) is 5.